The van der Waals surface area contributed by atoms with E-state index in [0.717, 1.165) is 5.75 Å². The number of halogens is 1. The lowest BCUT2D eigenvalue weighted by Gasteiger charge is -2.27. The number of aliphatic carboxylic acids is 1. The number of nitrogens with two attached hydrogens (primary N) is 1. The van der Waals surface area contributed by atoms with Crippen LogP contribution in [0.2, 0.25) is 0 Å². The summed E-state index contributed by atoms with van der Waals surface area (Å²) < 4.78 is -0.471. The van der Waals surface area contributed by atoms with E-state index >= 15 is 0 Å². The van der Waals surface area contributed by atoms with Gasteiger partial charge in [0.05, 0.1) is 0 Å². The van der Waals surface area contributed by atoms with Crippen molar-refractivity contribution in [1.82, 2.24) is 0 Å². The highest BCUT2D eigenvalue weighted by Gasteiger charge is 2.32. The van der Waals surface area contributed by atoms with E-state index in [1.807, 2.05) is 44.2 Å². The minimum absolute atomic E-state index is 0. The molecule has 0 saturated heterocycles. The number of thioether (sulfide) groups is 1. The molecule has 1 aromatic rings. The van der Waals surface area contributed by atoms with E-state index in [4.69, 9.17) is 10.8 Å². The Balaban J connectivity index is 0.00000256. The number of rotatable bonds is 5. The van der Waals surface area contributed by atoms with E-state index in [1.165, 1.54) is 5.56 Å². The average Bonchev–Trinajstić information content (AvgIpc) is 2.27. The molecule has 0 radical (unpaired) electrons. The molecule has 17 heavy (non-hydrogen) atoms. The molecule has 0 saturated carbocycles. The van der Waals surface area contributed by atoms with Crippen molar-refractivity contribution in [2.75, 3.05) is 0 Å². The summed E-state index contributed by atoms with van der Waals surface area (Å²) >= 11 is 1.56. The highest BCUT2D eigenvalue weighted by atomic mass is 35.5. The smallest absolute Gasteiger partial charge is 0.321 e. The van der Waals surface area contributed by atoms with Gasteiger partial charge in [0.2, 0.25) is 0 Å². The fourth-order valence-corrected chi connectivity index (χ4v) is 2.24. The second kappa shape index (κ2) is 6.89. The first-order valence-corrected chi connectivity index (χ1v) is 6.08. The minimum Gasteiger partial charge on any atom is -0.480 e. The van der Waals surface area contributed by atoms with Gasteiger partial charge in [-0.1, -0.05) is 30.3 Å². The molecule has 0 heterocycles. The van der Waals surface area contributed by atoms with Crippen LogP contribution in [0.1, 0.15) is 19.4 Å². The monoisotopic (exact) mass is 275 g/mol. The highest BCUT2D eigenvalue weighted by Crippen LogP contribution is 2.30. The quantitative estimate of drug-likeness (QED) is 0.867. The Hall–Kier alpha value is -0.710. The van der Waals surface area contributed by atoms with Crippen LogP contribution in [0.3, 0.4) is 0 Å². The van der Waals surface area contributed by atoms with Crippen LogP contribution in [-0.2, 0) is 10.5 Å². The second-order valence-corrected chi connectivity index (χ2v) is 5.82. The summed E-state index contributed by atoms with van der Waals surface area (Å²) in [5.74, 6) is -0.181. The van der Waals surface area contributed by atoms with Gasteiger partial charge in [0, 0.05) is 10.5 Å². The van der Waals surface area contributed by atoms with Crippen LogP contribution in [-0.4, -0.2) is 21.9 Å². The third-order valence-electron chi connectivity index (χ3n) is 2.47. The van der Waals surface area contributed by atoms with Gasteiger partial charge in [0.1, 0.15) is 6.04 Å². The fraction of sp³-hybridized carbons (Fsp3) is 0.417. The van der Waals surface area contributed by atoms with Crippen molar-refractivity contribution >= 4 is 30.1 Å². The largest absolute Gasteiger partial charge is 0.480 e. The highest BCUT2D eigenvalue weighted by molar-refractivity contribution is 7.99. The summed E-state index contributed by atoms with van der Waals surface area (Å²) in [6.07, 6.45) is 0. The third-order valence-corrected chi connectivity index (χ3v) is 3.94. The summed E-state index contributed by atoms with van der Waals surface area (Å²) in [6, 6.07) is 9.11. The summed E-state index contributed by atoms with van der Waals surface area (Å²) in [7, 11) is 0. The third kappa shape index (κ3) is 4.98. The van der Waals surface area contributed by atoms with E-state index in [1.54, 1.807) is 11.8 Å². The summed E-state index contributed by atoms with van der Waals surface area (Å²) in [4.78, 5) is 10.8. The Morgan fingerprint density at radius 2 is 1.94 bits per heavy atom. The Morgan fingerprint density at radius 3 is 2.41 bits per heavy atom. The molecular weight excluding hydrogens is 258 g/mol. The number of benzene rings is 1. The van der Waals surface area contributed by atoms with Crippen molar-refractivity contribution in [3.8, 4) is 0 Å². The van der Waals surface area contributed by atoms with Crippen LogP contribution in [0, 0.1) is 0 Å². The molecule has 0 aliphatic carbocycles. The van der Waals surface area contributed by atoms with Crippen molar-refractivity contribution in [2.24, 2.45) is 5.73 Å². The van der Waals surface area contributed by atoms with Crippen LogP contribution in [0.5, 0.6) is 0 Å². The predicted octanol–water partition coefficient (Wildman–Crippen LogP) is 2.53. The molecule has 1 aromatic carbocycles. The van der Waals surface area contributed by atoms with Gasteiger partial charge in [-0.15, -0.1) is 24.2 Å². The first-order chi connectivity index (χ1) is 7.43. The van der Waals surface area contributed by atoms with Gasteiger partial charge >= 0.3 is 5.97 Å². The van der Waals surface area contributed by atoms with Gasteiger partial charge in [-0.25, -0.2) is 0 Å². The van der Waals surface area contributed by atoms with E-state index < -0.39 is 16.8 Å². The molecule has 0 fully saturated rings. The topological polar surface area (TPSA) is 63.3 Å². The van der Waals surface area contributed by atoms with Crippen molar-refractivity contribution in [3.63, 3.8) is 0 Å². The average molecular weight is 276 g/mol. The number of carboxylic acid groups (broad SMARTS) is 1. The molecule has 0 amide bonds. The molecule has 3 nitrogen and oxygen atoms in total. The van der Waals surface area contributed by atoms with Crippen LogP contribution in [0.25, 0.3) is 0 Å². The van der Waals surface area contributed by atoms with Crippen molar-refractivity contribution < 1.29 is 9.90 Å². The number of carbonyl (C=O) groups is 1. The summed E-state index contributed by atoms with van der Waals surface area (Å²) in [5, 5.41) is 8.88. The first kappa shape index (κ1) is 16.3. The van der Waals surface area contributed by atoms with E-state index in [0.29, 0.717) is 0 Å². The molecule has 0 bridgehead atoms. The summed E-state index contributed by atoms with van der Waals surface area (Å²) in [6.45, 7) is 3.72. The maximum Gasteiger partial charge on any atom is 0.321 e. The van der Waals surface area contributed by atoms with Crippen LogP contribution in [0.4, 0.5) is 0 Å². The van der Waals surface area contributed by atoms with Gasteiger partial charge in [-0.05, 0) is 19.4 Å². The maximum atomic E-state index is 10.8. The lowest BCUT2D eigenvalue weighted by molar-refractivity contribution is -0.139. The van der Waals surface area contributed by atoms with Gasteiger partial charge < -0.3 is 10.8 Å². The molecule has 0 aromatic heterocycles. The SMILES string of the molecule is CC(C)(SCc1ccccc1)[C@@H](N)C(=O)O.Cl. The molecule has 0 unspecified atom stereocenters. The van der Waals surface area contributed by atoms with Crippen molar-refractivity contribution in [2.45, 2.75) is 30.4 Å². The summed E-state index contributed by atoms with van der Waals surface area (Å²) in [5.41, 5.74) is 6.82. The molecule has 3 N–H and O–H groups in total. The van der Waals surface area contributed by atoms with Crippen LogP contribution >= 0.6 is 24.2 Å². The molecule has 96 valence electrons. The lowest BCUT2D eigenvalue weighted by atomic mass is 10.1. The van der Waals surface area contributed by atoms with Gasteiger partial charge in [0.15, 0.2) is 0 Å². The normalized spacial score (nSPS) is 12.6. The molecule has 1 atom stereocenters. The Bertz CT molecular complexity index is 357. The molecule has 1 rings (SSSR count). The first-order valence-electron chi connectivity index (χ1n) is 5.10. The van der Waals surface area contributed by atoms with Crippen molar-refractivity contribution in [3.05, 3.63) is 35.9 Å². The van der Waals surface area contributed by atoms with Crippen LogP contribution < -0.4 is 5.73 Å². The standard InChI is InChI=1S/C12H17NO2S.ClH/c1-12(2,10(13)11(14)15)16-8-9-6-4-3-5-7-9;/h3-7,10H,8,13H2,1-2H3,(H,14,15);1H/t10-;/m0./s1. The zero-order valence-corrected chi connectivity index (χ0v) is 11.6. The van der Waals surface area contributed by atoms with Gasteiger partial charge in [-0.3, -0.25) is 4.79 Å². The van der Waals surface area contributed by atoms with Crippen LogP contribution in [0.15, 0.2) is 30.3 Å². The molecule has 0 aliphatic rings. The predicted molar refractivity (Wildman–Crippen MR) is 74.7 cm³/mol. The maximum absolute atomic E-state index is 10.8. The minimum atomic E-state index is -0.953. The molecule has 0 spiro atoms. The number of hydrogen-bond acceptors (Lipinski definition) is 3. The number of carboxylic acids is 1. The second-order valence-electron chi connectivity index (χ2n) is 4.19. The zero-order chi connectivity index (χ0) is 12.2. The zero-order valence-electron chi connectivity index (χ0n) is 9.92. The molecule has 5 heteroatoms. The van der Waals surface area contributed by atoms with E-state index in [-0.39, 0.29) is 12.4 Å². The Morgan fingerprint density at radius 1 is 1.41 bits per heavy atom. The Labute approximate surface area is 112 Å². The lowest BCUT2D eigenvalue weighted by Crippen LogP contribution is -2.46. The van der Waals surface area contributed by atoms with Crippen molar-refractivity contribution in [1.29, 1.82) is 0 Å². The Kier molecular flexibility index (Phi) is 6.60. The van der Waals surface area contributed by atoms with E-state index in [9.17, 15) is 4.79 Å². The van der Waals surface area contributed by atoms with Gasteiger partial charge in [-0.2, -0.15) is 0 Å². The fourth-order valence-electron chi connectivity index (χ4n) is 1.23. The van der Waals surface area contributed by atoms with Gasteiger partial charge in [0.25, 0.3) is 0 Å². The molecule has 0 aliphatic heterocycles. The molecular formula is C12H18ClNO2S. The number of hydrogen-bond donors (Lipinski definition) is 2. The van der Waals surface area contributed by atoms with E-state index in [2.05, 4.69) is 0 Å².